The molecule has 0 spiro atoms. The SMILES string of the molecule is CN(Cc1ccc(-c2ncc[nH]2)o1)S(C)(=O)=O. The predicted octanol–water partition coefficient (Wildman–Crippen LogP) is 1.06. The molecule has 6 nitrogen and oxygen atoms in total. The molecular weight excluding hydrogens is 242 g/mol. The van der Waals surface area contributed by atoms with E-state index in [9.17, 15) is 8.42 Å². The third kappa shape index (κ3) is 2.75. The molecule has 0 aliphatic heterocycles. The van der Waals surface area contributed by atoms with Crippen LogP contribution < -0.4 is 0 Å². The van der Waals surface area contributed by atoms with Crippen LogP contribution in [0.3, 0.4) is 0 Å². The van der Waals surface area contributed by atoms with Crippen molar-refractivity contribution in [3.63, 3.8) is 0 Å². The molecule has 0 radical (unpaired) electrons. The van der Waals surface area contributed by atoms with Gasteiger partial charge in [-0.1, -0.05) is 0 Å². The van der Waals surface area contributed by atoms with Gasteiger partial charge in [0.1, 0.15) is 5.76 Å². The van der Waals surface area contributed by atoms with Crippen LogP contribution in [-0.2, 0) is 16.6 Å². The van der Waals surface area contributed by atoms with Gasteiger partial charge in [-0.2, -0.15) is 4.31 Å². The van der Waals surface area contributed by atoms with Crippen molar-refractivity contribution in [2.24, 2.45) is 0 Å². The number of sulfonamides is 1. The highest BCUT2D eigenvalue weighted by Gasteiger charge is 2.14. The zero-order valence-electron chi connectivity index (χ0n) is 9.54. The van der Waals surface area contributed by atoms with Crippen LogP contribution >= 0.6 is 0 Å². The van der Waals surface area contributed by atoms with Gasteiger partial charge in [0, 0.05) is 19.4 Å². The summed E-state index contributed by atoms with van der Waals surface area (Å²) in [6.45, 7) is 0.208. The van der Waals surface area contributed by atoms with Crippen molar-refractivity contribution in [2.45, 2.75) is 6.54 Å². The average molecular weight is 255 g/mol. The van der Waals surface area contributed by atoms with Crippen LogP contribution in [0.15, 0.2) is 28.9 Å². The van der Waals surface area contributed by atoms with Crippen LogP contribution in [0.4, 0.5) is 0 Å². The summed E-state index contributed by atoms with van der Waals surface area (Å²) in [5, 5.41) is 0. The average Bonchev–Trinajstić information content (AvgIpc) is 2.83. The smallest absolute Gasteiger partial charge is 0.211 e. The molecule has 0 unspecified atom stereocenters. The van der Waals surface area contributed by atoms with E-state index < -0.39 is 10.0 Å². The van der Waals surface area contributed by atoms with Gasteiger partial charge in [0.2, 0.25) is 10.0 Å². The highest BCUT2D eigenvalue weighted by atomic mass is 32.2. The van der Waals surface area contributed by atoms with Crippen LogP contribution in [0.25, 0.3) is 11.6 Å². The number of rotatable bonds is 4. The van der Waals surface area contributed by atoms with E-state index in [4.69, 9.17) is 4.42 Å². The fourth-order valence-electron chi connectivity index (χ4n) is 1.33. The molecule has 0 aliphatic carbocycles. The molecule has 2 rings (SSSR count). The number of aromatic amines is 1. The maximum absolute atomic E-state index is 11.2. The summed E-state index contributed by atoms with van der Waals surface area (Å²) in [7, 11) is -1.69. The maximum atomic E-state index is 11.2. The second-order valence-corrected chi connectivity index (χ2v) is 5.81. The van der Waals surface area contributed by atoms with Gasteiger partial charge in [0.05, 0.1) is 12.8 Å². The molecule has 0 amide bonds. The molecule has 0 atom stereocenters. The Labute approximate surface area is 99.3 Å². The van der Waals surface area contributed by atoms with Gasteiger partial charge >= 0.3 is 0 Å². The van der Waals surface area contributed by atoms with Crippen LogP contribution in [0, 0.1) is 0 Å². The van der Waals surface area contributed by atoms with Gasteiger partial charge in [0.15, 0.2) is 11.6 Å². The summed E-state index contributed by atoms with van der Waals surface area (Å²) in [5.74, 6) is 1.79. The van der Waals surface area contributed by atoms with E-state index in [0.29, 0.717) is 17.3 Å². The molecule has 0 aromatic carbocycles. The first kappa shape index (κ1) is 11.9. The van der Waals surface area contributed by atoms with Gasteiger partial charge in [-0.05, 0) is 12.1 Å². The lowest BCUT2D eigenvalue weighted by Gasteiger charge is -2.11. The number of nitrogens with zero attached hydrogens (tertiary/aromatic N) is 2. The van der Waals surface area contributed by atoms with E-state index in [-0.39, 0.29) is 6.54 Å². The lowest BCUT2D eigenvalue weighted by Crippen LogP contribution is -2.24. The van der Waals surface area contributed by atoms with Crippen molar-refractivity contribution in [1.29, 1.82) is 0 Å². The largest absolute Gasteiger partial charge is 0.456 e. The quantitative estimate of drug-likeness (QED) is 0.886. The summed E-state index contributed by atoms with van der Waals surface area (Å²) in [6.07, 6.45) is 4.48. The van der Waals surface area contributed by atoms with Crippen molar-refractivity contribution < 1.29 is 12.8 Å². The summed E-state index contributed by atoms with van der Waals surface area (Å²) < 4.78 is 29.2. The van der Waals surface area contributed by atoms with Crippen LogP contribution in [0.1, 0.15) is 5.76 Å². The molecule has 0 aliphatic rings. The summed E-state index contributed by atoms with van der Waals surface area (Å²) in [4.78, 5) is 6.96. The van der Waals surface area contributed by atoms with E-state index in [1.165, 1.54) is 11.4 Å². The Balaban J connectivity index is 2.15. The van der Waals surface area contributed by atoms with E-state index >= 15 is 0 Å². The van der Waals surface area contributed by atoms with E-state index in [1.807, 2.05) is 0 Å². The summed E-state index contributed by atoms with van der Waals surface area (Å²) in [6, 6.07) is 3.49. The van der Waals surface area contributed by atoms with E-state index in [1.54, 1.807) is 24.5 Å². The van der Waals surface area contributed by atoms with Crippen LogP contribution in [0.5, 0.6) is 0 Å². The minimum Gasteiger partial charge on any atom is -0.456 e. The van der Waals surface area contributed by atoms with Gasteiger partial charge in [0.25, 0.3) is 0 Å². The Morgan fingerprint density at radius 2 is 2.24 bits per heavy atom. The molecule has 0 saturated carbocycles. The Bertz CT molecular complexity index is 586. The molecule has 0 fully saturated rings. The molecule has 7 heteroatoms. The Morgan fingerprint density at radius 3 is 2.82 bits per heavy atom. The fraction of sp³-hybridized carbons (Fsp3) is 0.300. The first-order valence-electron chi connectivity index (χ1n) is 4.96. The lowest BCUT2D eigenvalue weighted by molar-refractivity contribution is 0.412. The number of furan rings is 1. The number of aromatic nitrogens is 2. The third-order valence-corrected chi connectivity index (χ3v) is 3.60. The molecule has 0 bridgehead atoms. The first-order chi connectivity index (χ1) is 7.97. The van der Waals surface area contributed by atoms with Crippen LogP contribution in [-0.4, -0.2) is 36.0 Å². The third-order valence-electron chi connectivity index (χ3n) is 2.34. The summed E-state index contributed by atoms with van der Waals surface area (Å²) in [5.41, 5.74) is 0. The number of H-pyrrole nitrogens is 1. The van der Waals surface area contributed by atoms with Crippen molar-refractivity contribution in [3.8, 4) is 11.6 Å². The van der Waals surface area contributed by atoms with Crippen molar-refractivity contribution >= 4 is 10.0 Å². The maximum Gasteiger partial charge on any atom is 0.211 e. The molecule has 2 heterocycles. The Hall–Kier alpha value is -1.60. The van der Waals surface area contributed by atoms with Gasteiger partial charge in [-0.15, -0.1) is 0 Å². The molecule has 2 aromatic rings. The number of imidazole rings is 1. The molecule has 2 aromatic heterocycles. The van der Waals surface area contributed by atoms with Crippen molar-refractivity contribution in [2.75, 3.05) is 13.3 Å². The predicted molar refractivity (Wildman–Crippen MR) is 62.6 cm³/mol. The number of nitrogens with one attached hydrogen (secondary N) is 1. The monoisotopic (exact) mass is 255 g/mol. The van der Waals surface area contributed by atoms with Gasteiger partial charge < -0.3 is 9.40 Å². The van der Waals surface area contributed by atoms with E-state index in [0.717, 1.165) is 6.26 Å². The molecule has 1 N–H and O–H groups in total. The molecular formula is C10H13N3O3S. The zero-order valence-corrected chi connectivity index (χ0v) is 10.4. The standard InChI is InChI=1S/C10H13N3O3S/c1-13(17(2,14)15)7-8-3-4-9(16-8)10-11-5-6-12-10/h3-6H,7H2,1-2H3,(H,11,12). The topological polar surface area (TPSA) is 79.2 Å². The minimum absolute atomic E-state index is 0.208. The lowest BCUT2D eigenvalue weighted by atomic mass is 10.4. The van der Waals surface area contributed by atoms with Gasteiger partial charge in [-0.25, -0.2) is 13.4 Å². The Kier molecular flexibility index (Phi) is 3.03. The van der Waals surface area contributed by atoms with Crippen molar-refractivity contribution in [3.05, 3.63) is 30.3 Å². The second-order valence-electron chi connectivity index (χ2n) is 3.72. The minimum atomic E-state index is -3.20. The van der Waals surface area contributed by atoms with Gasteiger partial charge in [-0.3, -0.25) is 0 Å². The second kappa shape index (κ2) is 4.34. The Morgan fingerprint density at radius 1 is 1.47 bits per heavy atom. The van der Waals surface area contributed by atoms with Crippen LogP contribution in [0.2, 0.25) is 0 Å². The van der Waals surface area contributed by atoms with E-state index in [2.05, 4.69) is 9.97 Å². The number of hydrogen-bond donors (Lipinski definition) is 1. The fourth-order valence-corrected chi connectivity index (χ4v) is 1.69. The molecule has 0 saturated heterocycles. The zero-order chi connectivity index (χ0) is 12.5. The van der Waals surface area contributed by atoms with Crippen molar-refractivity contribution in [1.82, 2.24) is 14.3 Å². The normalized spacial score (nSPS) is 12.2. The molecule has 17 heavy (non-hydrogen) atoms. The molecule has 92 valence electrons. The first-order valence-corrected chi connectivity index (χ1v) is 6.81. The highest BCUT2D eigenvalue weighted by Crippen LogP contribution is 2.19. The number of hydrogen-bond acceptors (Lipinski definition) is 4. The summed E-state index contributed by atoms with van der Waals surface area (Å²) >= 11 is 0. The highest BCUT2D eigenvalue weighted by molar-refractivity contribution is 7.88.